The van der Waals surface area contributed by atoms with Crippen LogP contribution in [-0.4, -0.2) is 22.2 Å². The quantitative estimate of drug-likeness (QED) is 0.864. The van der Waals surface area contributed by atoms with Gasteiger partial charge >= 0.3 is 0 Å². The second kappa shape index (κ2) is 5.33. The Hall–Kier alpha value is -1.36. The zero-order valence-corrected chi connectivity index (χ0v) is 12.1. The van der Waals surface area contributed by atoms with Crippen molar-refractivity contribution in [3.8, 4) is 0 Å². The fourth-order valence-electron chi connectivity index (χ4n) is 2.94. The van der Waals surface area contributed by atoms with Crippen LogP contribution >= 0.6 is 0 Å². The summed E-state index contributed by atoms with van der Waals surface area (Å²) in [6.07, 6.45) is 5.85. The number of amides is 1. The maximum Gasteiger partial charge on any atom is 0.227 e. The maximum atomic E-state index is 12.5. The van der Waals surface area contributed by atoms with E-state index >= 15 is 0 Å². The van der Waals surface area contributed by atoms with E-state index in [1.165, 1.54) is 0 Å². The van der Waals surface area contributed by atoms with Gasteiger partial charge in [0.15, 0.2) is 0 Å². The van der Waals surface area contributed by atoms with Crippen molar-refractivity contribution in [1.29, 1.82) is 0 Å². The highest BCUT2D eigenvalue weighted by atomic mass is 16.2. The summed E-state index contributed by atoms with van der Waals surface area (Å²) in [5.41, 5.74) is 7.65. The molecule has 5 heteroatoms. The lowest BCUT2D eigenvalue weighted by atomic mass is 9.85. The number of hydrogen-bond acceptors (Lipinski definition) is 3. The fourth-order valence-corrected chi connectivity index (χ4v) is 2.94. The summed E-state index contributed by atoms with van der Waals surface area (Å²) in [6.45, 7) is 4.46. The molecule has 1 amide bonds. The molecule has 1 aromatic heterocycles. The second-order valence-corrected chi connectivity index (χ2v) is 5.70. The van der Waals surface area contributed by atoms with Crippen molar-refractivity contribution in [2.24, 2.45) is 18.2 Å². The van der Waals surface area contributed by atoms with Gasteiger partial charge in [0, 0.05) is 24.8 Å². The van der Waals surface area contributed by atoms with Gasteiger partial charge in [-0.3, -0.25) is 9.48 Å². The van der Waals surface area contributed by atoms with Crippen LogP contribution in [-0.2, 0) is 11.8 Å². The summed E-state index contributed by atoms with van der Waals surface area (Å²) >= 11 is 0. The number of hydrogen-bond donors (Lipinski definition) is 2. The summed E-state index contributed by atoms with van der Waals surface area (Å²) in [4.78, 5) is 12.5. The van der Waals surface area contributed by atoms with Gasteiger partial charge in [0.05, 0.1) is 17.7 Å². The molecule has 0 aromatic carbocycles. The minimum absolute atomic E-state index is 0.0229. The van der Waals surface area contributed by atoms with E-state index < -0.39 is 0 Å². The number of aryl methyl sites for hydroxylation is 1. The van der Waals surface area contributed by atoms with Gasteiger partial charge in [-0.25, -0.2) is 0 Å². The van der Waals surface area contributed by atoms with Gasteiger partial charge in [-0.1, -0.05) is 12.8 Å². The second-order valence-electron chi connectivity index (χ2n) is 5.70. The fraction of sp³-hybridized carbons (Fsp3) is 0.714. The van der Waals surface area contributed by atoms with Gasteiger partial charge in [-0.2, -0.15) is 5.10 Å². The van der Waals surface area contributed by atoms with Crippen LogP contribution in [0.1, 0.15) is 49.9 Å². The number of nitrogens with zero attached hydrogens (tertiary/aromatic N) is 2. The third-order valence-electron chi connectivity index (χ3n) is 4.52. The Bertz CT molecular complexity index is 460. The zero-order valence-electron chi connectivity index (χ0n) is 12.1. The highest BCUT2D eigenvalue weighted by molar-refractivity contribution is 5.83. The van der Waals surface area contributed by atoms with Crippen LogP contribution in [0.25, 0.3) is 0 Å². The van der Waals surface area contributed by atoms with Crippen LogP contribution in [0.3, 0.4) is 0 Å². The first-order valence-corrected chi connectivity index (χ1v) is 7.00. The first-order chi connectivity index (χ1) is 9.00. The lowest BCUT2D eigenvalue weighted by Crippen LogP contribution is -2.45. The van der Waals surface area contributed by atoms with Crippen LogP contribution in [0.4, 0.5) is 0 Å². The van der Waals surface area contributed by atoms with Crippen molar-refractivity contribution in [2.75, 3.05) is 6.54 Å². The van der Waals surface area contributed by atoms with Gasteiger partial charge in [0.2, 0.25) is 5.91 Å². The Morgan fingerprint density at radius 2 is 2.21 bits per heavy atom. The van der Waals surface area contributed by atoms with Crippen molar-refractivity contribution in [1.82, 2.24) is 15.1 Å². The first kappa shape index (κ1) is 14.1. The number of nitrogens with two attached hydrogens (primary N) is 1. The molecule has 1 aliphatic rings. The number of rotatable bonds is 4. The van der Waals surface area contributed by atoms with Crippen LogP contribution in [0.5, 0.6) is 0 Å². The minimum atomic E-state index is -0.343. The standard InChI is InChI=1S/C14H24N4O/c1-10(12-8-16-18(3)11(12)2)17-13(19)14(9-15)6-4-5-7-14/h8,10H,4-7,9,15H2,1-3H3,(H,17,19). The smallest absolute Gasteiger partial charge is 0.227 e. The molecular weight excluding hydrogens is 240 g/mol. The van der Waals surface area contributed by atoms with Crippen LogP contribution < -0.4 is 11.1 Å². The molecule has 3 N–H and O–H groups in total. The molecule has 0 aliphatic heterocycles. The monoisotopic (exact) mass is 264 g/mol. The van der Waals surface area contributed by atoms with E-state index in [9.17, 15) is 4.79 Å². The van der Waals surface area contributed by atoms with Crippen molar-refractivity contribution in [3.63, 3.8) is 0 Å². The third-order valence-corrected chi connectivity index (χ3v) is 4.52. The lowest BCUT2D eigenvalue weighted by Gasteiger charge is -2.27. The average molecular weight is 264 g/mol. The predicted octanol–water partition coefficient (Wildman–Crippen LogP) is 1.42. The molecule has 0 saturated heterocycles. The molecule has 1 heterocycles. The molecule has 1 fully saturated rings. The summed E-state index contributed by atoms with van der Waals surface area (Å²) in [6, 6.07) is -0.0229. The first-order valence-electron chi connectivity index (χ1n) is 7.00. The highest BCUT2D eigenvalue weighted by Crippen LogP contribution is 2.37. The molecule has 1 saturated carbocycles. The number of carbonyl (C=O) groups is 1. The molecule has 106 valence electrons. The maximum absolute atomic E-state index is 12.5. The van der Waals surface area contributed by atoms with Gasteiger partial charge in [0.1, 0.15) is 0 Å². The molecule has 1 aromatic rings. The van der Waals surface area contributed by atoms with Gasteiger partial charge in [-0.05, 0) is 26.7 Å². The largest absolute Gasteiger partial charge is 0.349 e. The summed E-state index contributed by atoms with van der Waals surface area (Å²) < 4.78 is 1.83. The molecule has 5 nitrogen and oxygen atoms in total. The van der Waals surface area contributed by atoms with Crippen molar-refractivity contribution >= 4 is 5.91 Å². The van der Waals surface area contributed by atoms with Gasteiger partial charge in [0.25, 0.3) is 0 Å². The van der Waals surface area contributed by atoms with E-state index in [0.29, 0.717) is 6.54 Å². The average Bonchev–Trinajstić information content (AvgIpc) is 2.99. The summed E-state index contributed by atoms with van der Waals surface area (Å²) in [5.74, 6) is 0.100. The Morgan fingerprint density at radius 1 is 1.58 bits per heavy atom. The normalized spacial score (nSPS) is 19.4. The van der Waals surface area contributed by atoms with E-state index in [1.54, 1.807) is 0 Å². The SMILES string of the molecule is Cc1c(C(C)NC(=O)C2(CN)CCCC2)cnn1C. The Kier molecular flexibility index (Phi) is 3.94. The highest BCUT2D eigenvalue weighted by Gasteiger charge is 2.40. The molecule has 0 radical (unpaired) electrons. The van der Waals surface area contributed by atoms with Crippen LogP contribution in [0, 0.1) is 12.3 Å². The number of nitrogens with one attached hydrogen (secondary N) is 1. The van der Waals surface area contributed by atoms with E-state index in [4.69, 9.17) is 5.73 Å². The lowest BCUT2D eigenvalue weighted by molar-refractivity contribution is -0.131. The third kappa shape index (κ3) is 2.52. The van der Waals surface area contributed by atoms with Gasteiger partial charge in [-0.15, -0.1) is 0 Å². The molecule has 1 unspecified atom stereocenters. The number of carbonyl (C=O) groups excluding carboxylic acids is 1. The Balaban J connectivity index is 2.08. The molecule has 19 heavy (non-hydrogen) atoms. The van der Waals surface area contributed by atoms with E-state index in [-0.39, 0.29) is 17.4 Å². The molecule has 1 atom stereocenters. The molecule has 0 spiro atoms. The number of aromatic nitrogens is 2. The Labute approximate surface area is 114 Å². The van der Waals surface area contributed by atoms with Crippen LogP contribution in [0.2, 0.25) is 0 Å². The predicted molar refractivity (Wildman–Crippen MR) is 74.5 cm³/mol. The zero-order chi connectivity index (χ0) is 14.0. The summed E-state index contributed by atoms with van der Waals surface area (Å²) in [5, 5.41) is 7.33. The Morgan fingerprint density at radius 3 is 2.68 bits per heavy atom. The topological polar surface area (TPSA) is 72.9 Å². The van der Waals surface area contributed by atoms with E-state index in [2.05, 4.69) is 10.4 Å². The minimum Gasteiger partial charge on any atom is -0.349 e. The summed E-state index contributed by atoms with van der Waals surface area (Å²) in [7, 11) is 1.91. The molecule has 2 rings (SSSR count). The van der Waals surface area contributed by atoms with Gasteiger partial charge < -0.3 is 11.1 Å². The van der Waals surface area contributed by atoms with E-state index in [1.807, 2.05) is 31.8 Å². The molecular formula is C14H24N4O. The van der Waals surface area contributed by atoms with Crippen molar-refractivity contribution in [3.05, 3.63) is 17.5 Å². The molecule has 0 bridgehead atoms. The van der Waals surface area contributed by atoms with Crippen molar-refractivity contribution in [2.45, 2.75) is 45.6 Å². The molecule has 1 aliphatic carbocycles. The van der Waals surface area contributed by atoms with E-state index in [0.717, 1.165) is 36.9 Å². The van der Waals surface area contributed by atoms with Crippen LogP contribution in [0.15, 0.2) is 6.20 Å². The van der Waals surface area contributed by atoms with Crippen molar-refractivity contribution < 1.29 is 4.79 Å².